The Morgan fingerprint density at radius 1 is 1.17 bits per heavy atom. The molecule has 2 amide bonds. The van der Waals surface area contributed by atoms with E-state index in [2.05, 4.69) is 10.6 Å². The number of benzene rings is 2. The number of ether oxygens (including phenoxy) is 1. The third-order valence-corrected chi connectivity index (χ3v) is 3.57. The summed E-state index contributed by atoms with van der Waals surface area (Å²) in [5.74, 6) is 0. The maximum atomic E-state index is 12.0. The molecular formula is C18H22N2O3. The minimum atomic E-state index is -0.740. The van der Waals surface area contributed by atoms with E-state index in [0.29, 0.717) is 12.3 Å². The van der Waals surface area contributed by atoms with E-state index in [-0.39, 0.29) is 12.6 Å². The normalized spacial score (nSPS) is 11.8. The molecule has 1 unspecified atom stereocenters. The lowest BCUT2D eigenvalue weighted by molar-refractivity contribution is 0.174. The van der Waals surface area contributed by atoms with E-state index in [0.717, 1.165) is 16.7 Å². The first-order valence-electron chi connectivity index (χ1n) is 7.47. The predicted octanol–water partition coefficient (Wildman–Crippen LogP) is 3.00. The summed E-state index contributed by atoms with van der Waals surface area (Å²) in [7, 11) is 1.61. The molecule has 0 saturated carbocycles. The standard InChI is InChI=1S/C18H22N2O3/c1-13-7-3-5-9-15(13)17(21)11-19-18(22)20-16-10-6-4-8-14(16)12-23-2/h3-10,17,21H,11-12H2,1-2H3,(H2,19,20,22). The van der Waals surface area contributed by atoms with Gasteiger partial charge in [0.1, 0.15) is 0 Å². The zero-order valence-corrected chi connectivity index (χ0v) is 13.4. The smallest absolute Gasteiger partial charge is 0.319 e. The van der Waals surface area contributed by atoms with Crippen LogP contribution in [0.4, 0.5) is 10.5 Å². The van der Waals surface area contributed by atoms with Gasteiger partial charge in [0.15, 0.2) is 0 Å². The molecule has 0 bridgehead atoms. The van der Waals surface area contributed by atoms with Crippen LogP contribution in [0.5, 0.6) is 0 Å². The summed E-state index contributed by atoms with van der Waals surface area (Å²) in [5, 5.41) is 15.7. The van der Waals surface area contributed by atoms with E-state index < -0.39 is 6.10 Å². The second kappa shape index (κ2) is 8.31. The molecule has 5 heteroatoms. The highest BCUT2D eigenvalue weighted by Crippen LogP contribution is 2.17. The summed E-state index contributed by atoms with van der Waals surface area (Å²) in [6, 6.07) is 14.6. The lowest BCUT2D eigenvalue weighted by Gasteiger charge is -2.16. The van der Waals surface area contributed by atoms with E-state index in [1.54, 1.807) is 7.11 Å². The first-order chi connectivity index (χ1) is 11.1. The highest BCUT2D eigenvalue weighted by molar-refractivity contribution is 5.90. The van der Waals surface area contributed by atoms with Crippen LogP contribution in [0.25, 0.3) is 0 Å². The van der Waals surface area contributed by atoms with Crippen molar-refractivity contribution in [2.45, 2.75) is 19.6 Å². The second-order valence-corrected chi connectivity index (χ2v) is 5.30. The molecule has 0 fully saturated rings. The lowest BCUT2D eigenvalue weighted by Crippen LogP contribution is -2.32. The molecule has 2 rings (SSSR count). The number of aliphatic hydroxyl groups excluding tert-OH is 1. The molecule has 0 saturated heterocycles. The van der Waals surface area contributed by atoms with E-state index >= 15 is 0 Å². The van der Waals surface area contributed by atoms with Crippen molar-refractivity contribution in [3.05, 3.63) is 65.2 Å². The maximum absolute atomic E-state index is 12.0. The van der Waals surface area contributed by atoms with Crippen LogP contribution in [0.15, 0.2) is 48.5 Å². The summed E-state index contributed by atoms with van der Waals surface area (Å²) in [4.78, 5) is 12.0. The summed E-state index contributed by atoms with van der Waals surface area (Å²) < 4.78 is 5.11. The average Bonchev–Trinajstić information content (AvgIpc) is 2.55. The molecule has 0 spiro atoms. The summed E-state index contributed by atoms with van der Waals surface area (Å²) in [6.45, 7) is 2.49. The van der Waals surface area contributed by atoms with Crippen molar-refractivity contribution < 1.29 is 14.6 Å². The van der Waals surface area contributed by atoms with Gasteiger partial charge in [0.05, 0.1) is 12.7 Å². The molecule has 0 aliphatic rings. The van der Waals surface area contributed by atoms with Gasteiger partial charge < -0.3 is 20.5 Å². The number of hydrogen-bond donors (Lipinski definition) is 3. The number of aryl methyl sites for hydroxylation is 1. The Labute approximate surface area is 136 Å². The van der Waals surface area contributed by atoms with Crippen molar-refractivity contribution in [3.8, 4) is 0 Å². The topological polar surface area (TPSA) is 70.6 Å². The Bertz CT molecular complexity index is 658. The Kier molecular flexibility index (Phi) is 6.14. The molecule has 3 N–H and O–H groups in total. The van der Waals surface area contributed by atoms with Gasteiger partial charge in [-0.25, -0.2) is 4.79 Å². The minimum Gasteiger partial charge on any atom is -0.387 e. The fraction of sp³-hybridized carbons (Fsp3) is 0.278. The van der Waals surface area contributed by atoms with Crippen LogP contribution >= 0.6 is 0 Å². The van der Waals surface area contributed by atoms with Gasteiger partial charge in [-0.1, -0.05) is 42.5 Å². The van der Waals surface area contributed by atoms with Crippen LogP contribution < -0.4 is 10.6 Å². The van der Waals surface area contributed by atoms with Crippen LogP contribution in [0.2, 0.25) is 0 Å². The van der Waals surface area contributed by atoms with Crippen LogP contribution in [0, 0.1) is 6.92 Å². The van der Waals surface area contributed by atoms with Gasteiger partial charge >= 0.3 is 6.03 Å². The monoisotopic (exact) mass is 314 g/mol. The molecule has 0 radical (unpaired) electrons. The second-order valence-electron chi connectivity index (χ2n) is 5.30. The quantitative estimate of drug-likeness (QED) is 0.767. The Hall–Kier alpha value is -2.37. The summed E-state index contributed by atoms with van der Waals surface area (Å²) in [5.41, 5.74) is 3.39. The highest BCUT2D eigenvalue weighted by Gasteiger charge is 2.12. The van der Waals surface area contributed by atoms with Crippen molar-refractivity contribution in [2.75, 3.05) is 19.0 Å². The van der Waals surface area contributed by atoms with Crippen molar-refractivity contribution >= 4 is 11.7 Å². The zero-order valence-electron chi connectivity index (χ0n) is 13.4. The van der Waals surface area contributed by atoms with Gasteiger partial charge in [-0.3, -0.25) is 0 Å². The predicted molar refractivity (Wildman–Crippen MR) is 90.3 cm³/mol. The first-order valence-corrected chi connectivity index (χ1v) is 7.47. The minimum absolute atomic E-state index is 0.142. The summed E-state index contributed by atoms with van der Waals surface area (Å²) in [6.07, 6.45) is -0.740. The van der Waals surface area contributed by atoms with E-state index in [1.807, 2.05) is 55.5 Å². The van der Waals surface area contributed by atoms with E-state index in [4.69, 9.17) is 4.74 Å². The number of rotatable bonds is 6. The number of aliphatic hydroxyl groups is 1. The molecule has 122 valence electrons. The van der Waals surface area contributed by atoms with Gasteiger partial charge in [-0.15, -0.1) is 0 Å². The maximum Gasteiger partial charge on any atom is 0.319 e. The molecule has 1 atom stereocenters. The van der Waals surface area contributed by atoms with Crippen molar-refractivity contribution in [3.63, 3.8) is 0 Å². The van der Waals surface area contributed by atoms with Gasteiger partial charge in [-0.05, 0) is 24.1 Å². The number of anilines is 1. The van der Waals surface area contributed by atoms with Crippen LogP contribution in [0.3, 0.4) is 0 Å². The number of urea groups is 1. The first kappa shape index (κ1) is 17.0. The van der Waals surface area contributed by atoms with Gasteiger partial charge in [0.2, 0.25) is 0 Å². The lowest BCUT2D eigenvalue weighted by atomic mass is 10.0. The number of hydrogen-bond acceptors (Lipinski definition) is 3. The largest absolute Gasteiger partial charge is 0.387 e. The Balaban J connectivity index is 1.92. The highest BCUT2D eigenvalue weighted by atomic mass is 16.5. The molecule has 23 heavy (non-hydrogen) atoms. The van der Waals surface area contributed by atoms with Crippen LogP contribution in [-0.4, -0.2) is 24.8 Å². The van der Waals surface area contributed by atoms with Crippen molar-refractivity contribution in [1.29, 1.82) is 0 Å². The van der Waals surface area contributed by atoms with Gasteiger partial charge in [-0.2, -0.15) is 0 Å². The van der Waals surface area contributed by atoms with Crippen LogP contribution in [-0.2, 0) is 11.3 Å². The van der Waals surface area contributed by atoms with E-state index in [1.165, 1.54) is 0 Å². The average molecular weight is 314 g/mol. The van der Waals surface area contributed by atoms with Gasteiger partial charge in [0.25, 0.3) is 0 Å². The SMILES string of the molecule is COCc1ccccc1NC(=O)NCC(O)c1ccccc1C. The molecular weight excluding hydrogens is 292 g/mol. The van der Waals surface area contributed by atoms with Crippen molar-refractivity contribution in [2.24, 2.45) is 0 Å². The molecule has 0 aliphatic heterocycles. The number of carbonyl (C=O) groups excluding carboxylic acids is 1. The fourth-order valence-electron chi connectivity index (χ4n) is 2.35. The number of carbonyl (C=O) groups is 1. The van der Waals surface area contributed by atoms with Crippen molar-refractivity contribution in [1.82, 2.24) is 5.32 Å². The number of methoxy groups -OCH3 is 1. The molecule has 2 aromatic rings. The third kappa shape index (κ3) is 4.81. The fourth-order valence-corrected chi connectivity index (χ4v) is 2.35. The third-order valence-electron chi connectivity index (χ3n) is 3.57. The van der Waals surface area contributed by atoms with E-state index in [9.17, 15) is 9.90 Å². The number of amides is 2. The molecule has 0 aliphatic carbocycles. The van der Waals surface area contributed by atoms with Crippen LogP contribution in [0.1, 0.15) is 22.8 Å². The molecule has 2 aromatic carbocycles. The molecule has 5 nitrogen and oxygen atoms in total. The number of nitrogens with one attached hydrogen (secondary N) is 2. The Morgan fingerprint density at radius 3 is 2.61 bits per heavy atom. The summed E-state index contributed by atoms with van der Waals surface area (Å²) >= 11 is 0. The molecule has 0 aromatic heterocycles. The van der Waals surface area contributed by atoms with Gasteiger partial charge in [0, 0.05) is 24.9 Å². The zero-order chi connectivity index (χ0) is 16.7. The number of para-hydroxylation sites is 1. The Morgan fingerprint density at radius 2 is 1.87 bits per heavy atom. The molecule has 0 heterocycles.